The molecular formula is C12H22N4O2S. The van der Waals surface area contributed by atoms with Gasteiger partial charge in [0.2, 0.25) is 10.0 Å². The monoisotopic (exact) mass is 286 g/mol. The summed E-state index contributed by atoms with van der Waals surface area (Å²) in [7, 11) is -3.61. The molecule has 1 aromatic rings. The zero-order valence-electron chi connectivity index (χ0n) is 11.6. The van der Waals surface area contributed by atoms with E-state index in [0.717, 1.165) is 12.8 Å². The molecule has 0 aliphatic heterocycles. The smallest absolute Gasteiger partial charge is 0.244 e. The Kier molecular flexibility index (Phi) is 5.71. The first-order valence-electron chi connectivity index (χ1n) is 6.34. The first-order valence-corrected chi connectivity index (χ1v) is 7.83. The normalized spacial score (nSPS) is 14.9. The van der Waals surface area contributed by atoms with Crippen LogP contribution in [0.2, 0.25) is 0 Å². The number of nitrogen functional groups attached to an aromatic ring is 1. The lowest BCUT2D eigenvalue weighted by molar-refractivity contribution is 0.445. The van der Waals surface area contributed by atoms with E-state index in [1.807, 2.05) is 6.92 Å². The molecule has 108 valence electrons. The lowest BCUT2D eigenvalue weighted by Gasteiger charge is -2.18. The van der Waals surface area contributed by atoms with E-state index in [4.69, 9.17) is 5.84 Å². The maximum absolute atomic E-state index is 12.2. The third-order valence-electron chi connectivity index (χ3n) is 3.01. The molecule has 1 aromatic heterocycles. The van der Waals surface area contributed by atoms with Gasteiger partial charge in [-0.3, -0.25) is 0 Å². The van der Waals surface area contributed by atoms with Gasteiger partial charge in [0.05, 0.1) is 0 Å². The number of sulfonamides is 1. The molecule has 0 radical (unpaired) electrons. The Morgan fingerprint density at radius 2 is 2.11 bits per heavy atom. The van der Waals surface area contributed by atoms with Crippen molar-refractivity contribution in [3.05, 3.63) is 18.3 Å². The minimum Gasteiger partial charge on any atom is -0.307 e. The zero-order chi connectivity index (χ0) is 14.5. The lowest BCUT2D eigenvalue weighted by atomic mass is 10.0. The van der Waals surface area contributed by atoms with Gasteiger partial charge in [-0.15, -0.1) is 0 Å². The van der Waals surface area contributed by atoms with Crippen LogP contribution in [-0.4, -0.2) is 19.4 Å². The fraction of sp³-hybridized carbons (Fsp3) is 0.583. The summed E-state index contributed by atoms with van der Waals surface area (Å²) >= 11 is 0. The number of aromatic nitrogens is 1. The SMILES string of the molecule is CCC(C)CC(C)NS(=O)(=O)c1cccnc1NN. The van der Waals surface area contributed by atoms with Crippen molar-refractivity contribution in [2.24, 2.45) is 11.8 Å². The van der Waals surface area contributed by atoms with Crippen LogP contribution >= 0.6 is 0 Å². The molecule has 0 aliphatic carbocycles. The highest BCUT2D eigenvalue weighted by atomic mass is 32.2. The molecule has 0 bridgehead atoms. The number of nitrogens with one attached hydrogen (secondary N) is 2. The number of anilines is 1. The molecule has 2 atom stereocenters. The molecule has 0 spiro atoms. The molecule has 0 amide bonds. The van der Waals surface area contributed by atoms with Crippen LogP contribution in [0.3, 0.4) is 0 Å². The van der Waals surface area contributed by atoms with Gasteiger partial charge in [0.1, 0.15) is 4.90 Å². The van der Waals surface area contributed by atoms with Gasteiger partial charge < -0.3 is 5.43 Å². The average Bonchev–Trinajstić information content (AvgIpc) is 2.37. The molecule has 2 unspecified atom stereocenters. The van der Waals surface area contributed by atoms with Gasteiger partial charge in [-0.05, 0) is 31.4 Å². The summed E-state index contributed by atoms with van der Waals surface area (Å²) < 4.78 is 27.1. The van der Waals surface area contributed by atoms with Crippen molar-refractivity contribution in [3.63, 3.8) is 0 Å². The molecule has 1 rings (SSSR count). The lowest BCUT2D eigenvalue weighted by Crippen LogP contribution is -2.34. The fourth-order valence-electron chi connectivity index (χ4n) is 1.86. The zero-order valence-corrected chi connectivity index (χ0v) is 12.4. The van der Waals surface area contributed by atoms with Gasteiger partial charge in [-0.25, -0.2) is 24.0 Å². The Balaban J connectivity index is 2.86. The number of nitrogens with two attached hydrogens (primary N) is 1. The predicted octanol–water partition coefficient (Wildman–Crippen LogP) is 1.47. The predicted molar refractivity (Wildman–Crippen MR) is 75.9 cm³/mol. The quantitative estimate of drug-likeness (QED) is 0.521. The van der Waals surface area contributed by atoms with Crippen molar-refractivity contribution in [2.75, 3.05) is 5.43 Å². The van der Waals surface area contributed by atoms with Crippen molar-refractivity contribution in [1.29, 1.82) is 0 Å². The van der Waals surface area contributed by atoms with E-state index in [1.165, 1.54) is 12.3 Å². The topological polar surface area (TPSA) is 97.1 Å². The van der Waals surface area contributed by atoms with Crippen LogP contribution in [0.4, 0.5) is 5.82 Å². The van der Waals surface area contributed by atoms with Gasteiger partial charge in [-0.1, -0.05) is 20.3 Å². The van der Waals surface area contributed by atoms with E-state index in [0.29, 0.717) is 5.92 Å². The molecular weight excluding hydrogens is 264 g/mol. The van der Waals surface area contributed by atoms with E-state index >= 15 is 0 Å². The number of hydrazine groups is 1. The Morgan fingerprint density at radius 1 is 1.42 bits per heavy atom. The Bertz CT molecular complexity index is 504. The van der Waals surface area contributed by atoms with Crippen molar-refractivity contribution >= 4 is 15.8 Å². The van der Waals surface area contributed by atoms with Gasteiger partial charge in [0.15, 0.2) is 5.82 Å². The second kappa shape index (κ2) is 6.83. The van der Waals surface area contributed by atoms with E-state index in [-0.39, 0.29) is 16.8 Å². The molecule has 0 saturated heterocycles. The number of nitrogens with zero attached hydrogens (tertiary/aromatic N) is 1. The van der Waals surface area contributed by atoms with E-state index in [1.54, 1.807) is 6.07 Å². The summed E-state index contributed by atoms with van der Waals surface area (Å²) in [4.78, 5) is 3.96. The first kappa shape index (κ1) is 15.9. The third kappa shape index (κ3) is 4.45. The maximum atomic E-state index is 12.2. The number of pyridine rings is 1. The minimum atomic E-state index is -3.61. The maximum Gasteiger partial charge on any atom is 0.244 e. The summed E-state index contributed by atoms with van der Waals surface area (Å²) in [5, 5.41) is 0. The van der Waals surface area contributed by atoms with E-state index in [9.17, 15) is 8.42 Å². The molecule has 6 nitrogen and oxygen atoms in total. The standard InChI is InChI=1S/C12H22N4O2S/c1-4-9(2)8-10(3)16-19(17,18)11-6-5-7-14-12(11)15-13/h5-7,9-10,16H,4,8,13H2,1-3H3,(H,14,15). The molecule has 0 saturated carbocycles. The number of hydrogen-bond acceptors (Lipinski definition) is 5. The largest absolute Gasteiger partial charge is 0.307 e. The van der Waals surface area contributed by atoms with Crippen LogP contribution in [0.25, 0.3) is 0 Å². The van der Waals surface area contributed by atoms with Gasteiger partial charge >= 0.3 is 0 Å². The van der Waals surface area contributed by atoms with Crippen molar-refractivity contribution < 1.29 is 8.42 Å². The van der Waals surface area contributed by atoms with E-state index in [2.05, 4.69) is 29.0 Å². The molecule has 19 heavy (non-hydrogen) atoms. The second-order valence-electron chi connectivity index (χ2n) is 4.77. The van der Waals surface area contributed by atoms with Crippen LogP contribution < -0.4 is 16.0 Å². The fourth-order valence-corrected chi connectivity index (χ4v) is 3.24. The first-order chi connectivity index (χ1) is 8.90. The van der Waals surface area contributed by atoms with Gasteiger partial charge in [0.25, 0.3) is 0 Å². The Morgan fingerprint density at radius 3 is 2.68 bits per heavy atom. The van der Waals surface area contributed by atoms with E-state index < -0.39 is 10.0 Å². The Hall–Kier alpha value is -1.18. The molecule has 1 heterocycles. The second-order valence-corrected chi connectivity index (χ2v) is 6.45. The minimum absolute atomic E-state index is 0.0634. The summed E-state index contributed by atoms with van der Waals surface area (Å²) in [6.45, 7) is 6.04. The molecule has 0 aromatic carbocycles. The van der Waals surface area contributed by atoms with Gasteiger partial charge in [0, 0.05) is 12.2 Å². The van der Waals surface area contributed by atoms with Crippen LogP contribution in [0.1, 0.15) is 33.6 Å². The summed E-state index contributed by atoms with van der Waals surface area (Å²) in [5.74, 6) is 5.89. The molecule has 0 aliphatic rings. The summed E-state index contributed by atoms with van der Waals surface area (Å²) in [5.41, 5.74) is 2.30. The van der Waals surface area contributed by atoms with Crippen molar-refractivity contribution in [2.45, 2.75) is 44.6 Å². The highest BCUT2D eigenvalue weighted by Crippen LogP contribution is 2.18. The molecule has 4 N–H and O–H groups in total. The van der Waals surface area contributed by atoms with Crippen LogP contribution in [0.15, 0.2) is 23.2 Å². The Labute approximate surface area is 114 Å². The summed E-state index contributed by atoms with van der Waals surface area (Å²) in [6, 6.07) is 2.90. The van der Waals surface area contributed by atoms with Crippen LogP contribution in [0.5, 0.6) is 0 Å². The average molecular weight is 286 g/mol. The molecule has 7 heteroatoms. The van der Waals surface area contributed by atoms with Crippen LogP contribution in [-0.2, 0) is 10.0 Å². The highest BCUT2D eigenvalue weighted by Gasteiger charge is 2.21. The number of rotatable bonds is 7. The van der Waals surface area contributed by atoms with Crippen molar-refractivity contribution in [1.82, 2.24) is 9.71 Å². The number of hydrogen-bond donors (Lipinski definition) is 3. The van der Waals surface area contributed by atoms with Gasteiger partial charge in [-0.2, -0.15) is 0 Å². The third-order valence-corrected chi connectivity index (χ3v) is 4.63. The summed E-state index contributed by atoms with van der Waals surface area (Å²) in [6.07, 6.45) is 3.30. The van der Waals surface area contributed by atoms with Crippen LogP contribution in [0, 0.1) is 5.92 Å². The highest BCUT2D eigenvalue weighted by molar-refractivity contribution is 7.89. The molecule has 0 fully saturated rings. The van der Waals surface area contributed by atoms with Crippen molar-refractivity contribution in [3.8, 4) is 0 Å².